The van der Waals surface area contributed by atoms with Crippen LogP contribution in [0.1, 0.15) is 52.4 Å². The quantitative estimate of drug-likeness (QED) is 0.595. The zero-order chi connectivity index (χ0) is 15.3. The maximum Gasteiger partial charge on any atom is 0.327 e. The molecule has 1 atom stereocenters. The SMILES string of the molecule is CCCNC(CN(CCC)CC1CC1)(C(=O)OC)C1CC1. The van der Waals surface area contributed by atoms with E-state index in [1.165, 1.54) is 20.0 Å². The monoisotopic (exact) mass is 296 g/mol. The number of hydrogen-bond acceptors (Lipinski definition) is 4. The summed E-state index contributed by atoms with van der Waals surface area (Å²) in [5.74, 6) is 1.25. The van der Waals surface area contributed by atoms with Gasteiger partial charge in [-0.15, -0.1) is 0 Å². The number of esters is 1. The number of rotatable bonds is 11. The fourth-order valence-corrected chi connectivity index (χ4v) is 3.31. The topological polar surface area (TPSA) is 41.6 Å². The van der Waals surface area contributed by atoms with Crippen molar-refractivity contribution in [1.29, 1.82) is 0 Å². The zero-order valence-corrected chi connectivity index (χ0v) is 14.0. The molecule has 0 aromatic heterocycles. The lowest BCUT2D eigenvalue weighted by Crippen LogP contribution is -2.61. The summed E-state index contributed by atoms with van der Waals surface area (Å²) in [6.07, 6.45) is 7.20. The van der Waals surface area contributed by atoms with Crippen molar-refractivity contribution >= 4 is 5.97 Å². The van der Waals surface area contributed by atoms with Crippen molar-refractivity contribution in [2.24, 2.45) is 11.8 Å². The largest absolute Gasteiger partial charge is 0.468 e. The molecule has 2 rings (SSSR count). The molecule has 0 bridgehead atoms. The first-order valence-electron chi connectivity index (χ1n) is 8.72. The Balaban J connectivity index is 2.08. The van der Waals surface area contributed by atoms with Gasteiger partial charge in [-0.1, -0.05) is 13.8 Å². The van der Waals surface area contributed by atoms with Crippen LogP contribution in [0.4, 0.5) is 0 Å². The van der Waals surface area contributed by atoms with E-state index in [0.717, 1.165) is 57.8 Å². The molecule has 1 unspecified atom stereocenters. The van der Waals surface area contributed by atoms with Crippen molar-refractivity contribution in [3.8, 4) is 0 Å². The van der Waals surface area contributed by atoms with E-state index in [4.69, 9.17) is 4.74 Å². The van der Waals surface area contributed by atoms with Crippen LogP contribution in [-0.4, -0.2) is 49.7 Å². The number of methoxy groups -OCH3 is 1. The number of nitrogens with one attached hydrogen (secondary N) is 1. The van der Waals surface area contributed by atoms with E-state index >= 15 is 0 Å². The van der Waals surface area contributed by atoms with E-state index < -0.39 is 5.54 Å². The molecule has 4 nitrogen and oxygen atoms in total. The molecular formula is C17H32N2O2. The van der Waals surface area contributed by atoms with E-state index in [0.29, 0.717) is 5.92 Å². The fraction of sp³-hybridized carbons (Fsp3) is 0.941. The molecule has 1 N–H and O–H groups in total. The summed E-state index contributed by atoms with van der Waals surface area (Å²) < 4.78 is 5.19. The van der Waals surface area contributed by atoms with Gasteiger partial charge in [0.2, 0.25) is 0 Å². The van der Waals surface area contributed by atoms with Crippen LogP contribution in [0.2, 0.25) is 0 Å². The predicted molar refractivity (Wildman–Crippen MR) is 85.2 cm³/mol. The summed E-state index contributed by atoms with van der Waals surface area (Å²) in [7, 11) is 1.53. The molecule has 4 heteroatoms. The molecule has 0 aromatic rings. The fourth-order valence-electron chi connectivity index (χ4n) is 3.31. The van der Waals surface area contributed by atoms with Crippen LogP contribution in [0.25, 0.3) is 0 Å². The molecule has 0 heterocycles. The van der Waals surface area contributed by atoms with Crippen LogP contribution >= 0.6 is 0 Å². The Labute approximate surface area is 129 Å². The lowest BCUT2D eigenvalue weighted by atomic mass is 9.91. The van der Waals surface area contributed by atoms with Crippen molar-refractivity contribution in [2.75, 3.05) is 33.3 Å². The minimum atomic E-state index is -0.477. The van der Waals surface area contributed by atoms with Gasteiger partial charge in [0.05, 0.1) is 7.11 Å². The number of carbonyl (C=O) groups is 1. The van der Waals surface area contributed by atoms with Crippen LogP contribution in [-0.2, 0) is 9.53 Å². The number of hydrogen-bond donors (Lipinski definition) is 1. The van der Waals surface area contributed by atoms with Crippen molar-refractivity contribution in [3.05, 3.63) is 0 Å². The highest BCUT2D eigenvalue weighted by Gasteiger charge is 2.52. The first-order chi connectivity index (χ1) is 10.2. The maximum atomic E-state index is 12.6. The number of ether oxygens (including phenoxy) is 1. The summed E-state index contributed by atoms with van der Waals surface area (Å²) in [6.45, 7) is 8.29. The van der Waals surface area contributed by atoms with Gasteiger partial charge in [-0.25, -0.2) is 4.79 Å². The van der Waals surface area contributed by atoms with E-state index in [1.807, 2.05) is 0 Å². The van der Waals surface area contributed by atoms with Crippen molar-refractivity contribution < 1.29 is 9.53 Å². The first kappa shape index (κ1) is 16.8. The molecule has 2 aliphatic carbocycles. The van der Waals surface area contributed by atoms with Crippen molar-refractivity contribution in [3.63, 3.8) is 0 Å². The predicted octanol–water partition coefficient (Wildman–Crippen LogP) is 2.43. The molecule has 21 heavy (non-hydrogen) atoms. The lowest BCUT2D eigenvalue weighted by Gasteiger charge is -2.37. The number of carbonyl (C=O) groups excluding carboxylic acids is 1. The number of nitrogens with zero attached hydrogens (tertiary/aromatic N) is 1. The molecule has 2 aliphatic rings. The Bertz CT molecular complexity index is 340. The third-order valence-electron chi connectivity index (χ3n) is 4.74. The molecule has 0 aromatic carbocycles. The zero-order valence-electron chi connectivity index (χ0n) is 14.0. The highest BCUT2D eigenvalue weighted by molar-refractivity contribution is 5.82. The Morgan fingerprint density at radius 1 is 1.24 bits per heavy atom. The summed E-state index contributed by atoms with van der Waals surface area (Å²) in [5, 5.41) is 3.56. The van der Waals surface area contributed by atoms with E-state index in [1.54, 1.807) is 0 Å². The summed E-state index contributed by atoms with van der Waals surface area (Å²) >= 11 is 0. The van der Waals surface area contributed by atoms with Crippen LogP contribution in [0.3, 0.4) is 0 Å². The standard InChI is InChI=1S/C17H32N2O2/c1-4-10-18-17(15-8-9-15,16(20)21-3)13-19(11-5-2)12-14-6-7-14/h14-15,18H,4-13H2,1-3H3. The van der Waals surface area contributed by atoms with E-state index in [-0.39, 0.29) is 5.97 Å². The minimum absolute atomic E-state index is 0.0599. The van der Waals surface area contributed by atoms with E-state index in [9.17, 15) is 4.79 Å². The molecule has 122 valence electrons. The maximum absolute atomic E-state index is 12.6. The van der Waals surface area contributed by atoms with Gasteiger partial charge in [-0.2, -0.15) is 0 Å². The lowest BCUT2D eigenvalue weighted by molar-refractivity contribution is -0.151. The van der Waals surface area contributed by atoms with Gasteiger partial charge in [0.15, 0.2) is 0 Å². The first-order valence-corrected chi connectivity index (χ1v) is 8.72. The van der Waals surface area contributed by atoms with Gasteiger partial charge in [0.1, 0.15) is 5.54 Å². The van der Waals surface area contributed by atoms with Gasteiger partial charge in [-0.05, 0) is 63.5 Å². The van der Waals surface area contributed by atoms with Gasteiger partial charge in [-0.3, -0.25) is 0 Å². The van der Waals surface area contributed by atoms with Crippen molar-refractivity contribution in [1.82, 2.24) is 10.2 Å². The summed E-state index contributed by atoms with van der Waals surface area (Å²) in [4.78, 5) is 15.0. The summed E-state index contributed by atoms with van der Waals surface area (Å²) in [5.41, 5.74) is -0.477. The molecule has 0 radical (unpaired) electrons. The van der Waals surface area contributed by atoms with Gasteiger partial charge < -0.3 is 15.0 Å². The Morgan fingerprint density at radius 2 is 1.95 bits per heavy atom. The smallest absolute Gasteiger partial charge is 0.327 e. The molecule has 0 amide bonds. The molecule has 0 saturated heterocycles. The van der Waals surface area contributed by atoms with Gasteiger partial charge in [0, 0.05) is 13.1 Å². The second kappa shape index (κ2) is 7.59. The molecule has 0 spiro atoms. The van der Waals surface area contributed by atoms with E-state index in [2.05, 4.69) is 24.1 Å². The normalized spacial score (nSPS) is 21.3. The highest BCUT2D eigenvalue weighted by Crippen LogP contribution is 2.41. The third-order valence-corrected chi connectivity index (χ3v) is 4.74. The minimum Gasteiger partial charge on any atom is -0.468 e. The third kappa shape index (κ3) is 4.43. The Hall–Kier alpha value is -0.610. The second-order valence-electron chi connectivity index (χ2n) is 6.84. The Morgan fingerprint density at radius 3 is 2.43 bits per heavy atom. The van der Waals surface area contributed by atoms with Crippen LogP contribution in [0.15, 0.2) is 0 Å². The van der Waals surface area contributed by atoms with Crippen molar-refractivity contribution in [2.45, 2.75) is 57.9 Å². The molecule has 2 saturated carbocycles. The van der Waals surface area contributed by atoms with Gasteiger partial charge in [0.25, 0.3) is 0 Å². The summed E-state index contributed by atoms with van der Waals surface area (Å²) in [6, 6.07) is 0. The molecular weight excluding hydrogens is 264 g/mol. The molecule has 0 aliphatic heterocycles. The highest BCUT2D eigenvalue weighted by atomic mass is 16.5. The molecule has 2 fully saturated rings. The van der Waals surface area contributed by atoms with Gasteiger partial charge >= 0.3 is 5.97 Å². The average Bonchev–Trinajstić information content (AvgIpc) is 3.35. The average molecular weight is 296 g/mol. The Kier molecular flexibility index (Phi) is 6.06. The van der Waals surface area contributed by atoms with Crippen LogP contribution in [0, 0.1) is 11.8 Å². The second-order valence-corrected chi connectivity index (χ2v) is 6.84. The van der Waals surface area contributed by atoms with Crippen LogP contribution in [0.5, 0.6) is 0 Å². The van der Waals surface area contributed by atoms with Crippen LogP contribution < -0.4 is 5.32 Å².